The van der Waals surface area contributed by atoms with Crippen molar-refractivity contribution in [3.8, 4) is 28.3 Å². The zero-order valence-electron chi connectivity index (χ0n) is 20.0. The Labute approximate surface area is 210 Å². The van der Waals surface area contributed by atoms with Crippen molar-refractivity contribution in [2.45, 2.75) is 19.4 Å². The van der Waals surface area contributed by atoms with Crippen molar-refractivity contribution in [3.05, 3.63) is 72.0 Å². The van der Waals surface area contributed by atoms with E-state index >= 15 is 0 Å². The molecule has 4 aromatic rings. The molecule has 0 saturated carbocycles. The third kappa shape index (κ3) is 5.63. The molecule has 0 spiro atoms. The highest BCUT2D eigenvalue weighted by Gasteiger charge is 2.20. The van der Waals surface area contributed by atoms with E-state index in [-0.39, 0.29) is 0 Å². The number of methoxy groups -OCH3 is 1. The quantitative estimate of drug-likeness (QED) is 0.357. The van der Waals surface area contributed by atoms with Crippen LogP contribution in [0.1, 0.15) is 12.8 Å². The summed E-state index contributed by atoms with van der Waals surface area (Å²) >= 11 is 6.15. The van der Waals surface area contributed by atoms with Gasteiger partial charge in [-0.05, 0) is 69.2 Å². The second-order valence-corrected chi connectivity index (χ2v) is 9.43. The van der Waals surface area contributed by atoms with Crippen molar-refractivity contribution in [2.24, 2.45) is 5.92 Å². The van der Waals surface area contributed by atoms with Gasteiger partial charge in [-0.3, -0.25) is 4.68 Å². The lowest BCUT2D eigenvalue weighted by molar-refractivity contribution is 0.201. The molecule has 0 atom stereocenters. The summed E-state index contributed by atoms with van der Waals surface area (Å²) < 4.78 is 7.40. The molecule has 2 aromatic carbocycles. The maximum atomic E-state index is 6.15. The number of rotatable bonds is 7. The minimum Gasteiger partial charge on any atom is -0.497 e. The summed E-state index contributed by atoms with van der Waals surface area (Å²) in [4.78, 5) is 11.6. The predicted octanol–water partition coefficient (Wildman–Crippen LogP) is 5.75. The van der Waals surface area contributed by atoms with E-state index in [0.29, 0.717) is 16.9 Å². The van der Waals surface area contributed by atoms with Gasteiger partial charge in [0.05, 0.1) is 12.8 Å². The molecular weight excluding hydrogens is 460 g/mol. The van der Waals surface area contributed by atoms with E-state index < -0.39 is 0 Å². The first-order valence-corrected chi connectivity index (χ1v) is 12.2. The molecule has 35 heavy (non-hydrogen) atoms. The minimum absolute atomic E-state index is 0.515. The molecule has 1 aliphatic heterocycles. The van der Waals surface area contributed by atoms with Crippen molar-refractivity contribution in [1.29, 1.82) is 0 Å². The van der Waals surface area contributed by atoms with Crippen LogP contribution in [0.25, 0.3) is 22.5 Å². The highest BCUT2D eigenvalue weighted by molar-refractivity contribution is 6.30. The van der Waals surface area contributed by atoms with Gasteiger partial charge in [0.25, 0.3) is 0 Å². The van der Waals surface area contributed by atoms with Crippen molar-refractivity contribution >= 4 is 23.2 Å². The maximum Gasteiger partial charge on any atom is 0.227 e. The standard InChI is InChI=1S/C27H29ClN6O/c1-33-14-11-19(12-15-33)17-34-18-24(26(32-34)20-6-8-21(28)9-7-20)25-10-13-29-27(31-25)30-22-4-3-5-23(16-22)35-2/h3-10,13,16,18-19H,11-12,14-15,17H2,1-2H3,(H,29,30,31). The molecule has 0 bridgehead atoms. The summed E-state index contributed by atoms with van der Waals surface area (Å²) in [6.07, 6.45) is 6.25. The van der Waals surface area contributed by atoms with Crippen LogP contribution in [0.2, 0.25) is 5.02 Å². The molecule has 1 saturated heterocycles. The Morgan fingerprint density at radius 1 is 1.09 bits per heavy atom. The second-order valence-electron chi connectivity index (χ2n) is 8.99. The summed E-state index contributed by atoms with van der Waals surface area (Å²) in [6, 6.07) is 17.4. The van der Waals surface area contributed by atoms with Crippen molar-refractivity contribution < 1.29 is 4.74 Å². The lowest BCUT2D eigenvalue weighted by Crippen LogP contribution is -2.32. The number of halogens is 1. The van der Waals surface area contributed by atoms with Crippen molar-refractivity contribution in [3.63, 3.8) is 0 Å². The minimum atomic E-state index is 0.515. The molecule has 1 N–H and O–H groups in total. The van der Waals surface area contributed by atoms with Crippen LogP contribution in [-0.2, 0) is 6.54 Å². The molecule has 0 unspecified atom stereocenters. The Kier molecular flexibility index (Phi) is 6.97. The molecule has 180 valence electrons. The van der Waals surface area contributed by atoms with Crippen LogP contribution in [0, 0.1) is 5.92 Å². The highest BCUT2D eigenvalue weighted by Crippen LogP contribution is 2.32. The van der Waals surface area contributed by atoms with Gasteiger partial charge in [0, 0.05) is 46.8 Å². The van der Waals surface area contributed by atoms with Gasteiger partial charge >= 0.3 is 0 Å². The number of likely N-dealkylation sites (tertiary alicyclic amines) is 1. The zero-order chi connectivity index (χ0) is 24.2. The van der Waals surface area contributed by atoms with Gasteiger partial charge in [0.2, 0.25) is 5.95 Å². The first-order valence-electron chi connectivity index (χ1n) is 11.8. The first kappa shape index (κ1) is 23.3. The Morgan fingerprint density at radius 3 is 2.66 bits per heavy atom. The van der Waals surface area contributed by atoms with Gasteiger partial charge in [-0.2, -0.15) is 5.10 Å². The van der Waals surface area contributed by atoms with Crippen LogP contribution in [0.5, 0.6) is 5.75 Å². The van der Waals surface area contributed by atoms with Crippen molar-refractivity contribution in [2.75, 3.05) is 32.6 Å². The molecule has 3 heterocycles. The van der Waals surface area contributed by atoms with Crippen molar-refractivity contribution in [1.82, 2.24) is 24.6 Å². The molecule has 8 heteroatoms. The maximum absolute atomic E-state index is 6.15. The van der Waals surface area contributed by atoms with E-state index in [4.69, 9.17) is 26.4 Å². The smallest absolute Gasteiger partial charge is 0.227 e. The van der Waals surface area contributed by atoms with Gasteiger partial charge in [-0.15, -0.1) is 0 Å². The van der Waals surface area contributed by atoms with E-state index in [0.717, 1.165) is 53.6 Å². The van der Waals surface area contributed by atoms with Gasteiger partial charge < -0.3 is 15.0 Å². The topological polar surface area (TPSA) is 68.1 Å². The summed E-state index contributed by atoms with van der Waals surface area (Å²) in [5, 5.41) is 8.98. The lowest BCUT2D eigenvalue weighted by atomic mass is 9.97. The van der Waals surface area contributed by atoms with E-state index in [2.05, 4.69) is 33.1 Å². The monoisotopic (exact) mass is 488 g/mol. The molecule has 1 fully saturated rings. The lowest BCUT2D eigenvalue weighted by Gasteiger charge is -2.28. The van der Waals surface area contributed by atoms with Crippen LogP contribution in [-0.4, -0.2) is 51.9 Å². The normalized spacial score (nSPS) is 14.7. The molecule has 0 aliphatic carbocycles. The van der Waals surface area contributed by atoms with Crippen LogP contribution >= 0.6 is 11.6 Å². The Morgan fingerprint density at radius 2 is 1.89 bits per heavy atom. The van der Waals surface area contributed by atoms with Crippen LogP contribution in [0.15, 0.2) is 67.0 Å². The third-order valence-corrected chi connectivity index (χ3v) is 6.67. The van der Waals surface area contributed by atoms with E-state index in [1.54, 1.807) is 13.3 Å². The Balaban J connectivity index is 1.47. The van der Waals surface area contributed by atoms with E-state index in [9.17, 15) is 0 Å². The number of hydrogen-bond acceptors (Lipinski definition) is 6. The number of hydrogen-bond donors (Lipinski definition) is 1. The summed E-state index contributed by atoms with van der Waals surface area (Å²) in [6.45, 7) is 3.16. The number of anilines is 2. The molecule has 5 rings (SSSR count). The van der Waals surface area contributed by atoms with Gasteiger partial charge in [0.1, 0.15) is 11.4 Å². The molecule has 0 radical (unpaired) electrons. The Bertz CT molecular complexity index is 1280. The fourth-order valence-electron chi connectivity index (χ4n) is 4.43. The molecule has 1 aliphatic rings. The number of benzene rings is 2. The van der Waals surface area contributed by atoms with Crippen LogP contribution < -0.4 is 10.1 Å². The Hall–Kier alpha value is -3.42. The first-order chi connectivity index (χ1) is 17.1. The number of aromatic nitrogens is 4. The summed E-state index contributed by atoms with van der Waals surface area (Å²) in [5.74, 6) is 1.90. The average molecular weight is 489 g/mol. The largest absolute Gasteiger partial charge is 0.497 e. The van der Waals surface area contributed by atoms with E-state index in [1.807, 2.05) is 54.6 Å². The predicted molar refractivity (Wildman–Crippen MR) is 140 cm³/mol. The number of piperidine rings is 1. The molecule has 2 aromatic heterocycles. The molecule has 0 amide bonds. The fourth-order valence-corrected chi connectivity index (χ4v) is 4.56. The van der Waals surface area contributed by atoms with Crippen LogP contribution in [0.3, 0.4) is 0 Å². The molecular formula is C27H29ClN6O. The molecule has 7 nitrogen and oxygen atoms in total. The fraction of sp³-hybridized carbons (Fsp3) is 0.296. The number of nitrogens with zero attached hydrogens (tertiary/aromatic N) is 5. The van der Waals surface area contributed by atoms with E-state index in [1.165, 1.54) is 12.8 Å². The summed E-state index contributed by atoms with van der Waals surface area (Å²) in [5.41, 5.74) is 4.53. The highest BCUT2D eigenvalue weighted by atomic mass is 35.5. The SMILES string of the molecule is COc1cccc(Nc2nccc(-c3cn(CC4CCN(C)CC4)nc3-c3ccc(Cl)cc3)n2)c1. The number of nitrogens with one attached hydrogen (secondary N) is 1. The average Bonchev–Trinajstić information content (AvgIpc) is 3.30. The van der Waals surface area contributed by atoms with Gasteiger partial charge in [0.15, 0.2) is 0 Å². The second kappa shape index (κ2) is 10.5. The van der Waals surface area contributed by atoms with Gasteiger partial charge in [-0.25, -0.2) is 9.97 Å². The zero-order valence-corrected chi connectivity index (χ0v) is 20.7. The number of ether oxygens (including phenoxy) is 1. The summed E-state index contributed by atoms with van der Waals surface area (Å²) in [7, 11) is 3.84. The van der Waals surface area contributed by atoms with Gasteiger partial charge in [-0.1, -0.05) is 29.8 Å². The third-order valence-electron chi connectivity index (χ3n) is 6.42. The van der Waals surface area contributed by atoms with Crippen LogP contribution in [0.4, 0.5) is 11.6 Å².